The van der Waals surface area contributed by atoms with E-state index in [-0.39, 0.29) is 22.9 Å². The minimum atomic E-state index is -3.19. The molecule has 0 aliphatic carbocycles. The third-order valence-electron chi connectivity index (χ3n) is 4.89. The lowest BCUT2D eigenvalue weighted by atomic mass is 9.90. The molecule has 2 aliphatic rings. The maximum Gasteiger partial charge on any atom is 0.216 e. The SMILES string of the molecule is CC(C)S(=O)(=O)N1CC[C@@H]2O[C@@](C)(COc3cccnc3)C[C@@H]2C1. The van der Waals surface area contributed by atoms with Gasteiger partial charge in [0.15, 0.2) is 0 Å². The van der Waals surface area contributed by atoms with Gasteiger partial charge in [-0.1, -0.05) is 0 Å². The predicted molar refractivity (Wildman–Crippen MR) is 91.4 cm³/mol. The van der Waals surface area contributed by atoms with E-state index in [4.69, 9.17) is 9.47 Å². The molecule has 0 saturated carbocycles. The van der Waals surface area contributed by atoms with Gasteiger partial charge in [0.1, 0.15) is 18.0 Å². The third kappa shape index (κ3) is 3.58. The van der Waals surface area contributed by atoms with Crippen LogP contribution in [-0.2, 0) is 14.8 Å². The topological polar surface area (TPSA) is 68.7 Å². The Balaban J connectivity index is 1.62. The summed E-state index contributed by atoms with van der Waals surface area (Å²) in [6.45, 7) is 7.05. The van der Waals surface area contributed by atoms with Gasteiger partial charge in [0.2, 0.25) is 10.0 Å². The van der Waals surface area contributed by atoms with Crippen LogP contribution in [0.2, 0.25) is 0 Å². The van der Waals surface area contributed by atoms with Crippen LogP contribution in [-0.4, -0.2) is 54.4 Å². The van der Waals surface area contributed by atoms with E-state index < -0.39 is 10.0 Å². The van der Waals surface area contributed by atoms with Crippen molar-refractivity contribution >= 4 is 10.0 Å². The number of aromatic nitrogens is 1. The molecule has 134 valence electrons. The number of nitrogens with zero attached hydrogens (tertiary/aromatic N) is 2. The molecule has 7 heteroatoms. The second-order valence-electron chi connectivity index (χ2n) is 7.29. The van der Waals surface area contributed by atoms with Crippen molar-refractivity contribution in [3.63, 3.8) is 0 Å². The molecule has 0 aromatic carbocycles. The molecule has 2 fully saturated rings. The van der Waals surface area contributed by atoms with Gasteiger partial charge in [-0.05, 0) is 45.7 Å². The van der Waals surface area contributed by atoms with Gasteiger partial charge in [0.25, 0.3) is 0 Å². The summed E-state index contributed by atoms with van der Waals surface area (Å²) >= 11 is 0. The van der Waals surface area contributed by atoms with Gasteiger partial charge in [0.05, 0.1) is 17.6 Å². The fourth-order valence-electron chi connectivity index (χ4n) is 3.59. The molecular weight excluding hydrogens is 328 g/mol. The highest BCUT2D eigenvalue weighted by atomic mass is 32.2. The Morgan fingerprint density at radius 2 is 2.29 bits per heavy atom. The Kier molecular flexibility index (Phi) is 4.86. The van der Waals surface area contributed by atoms with E-state index in [1.54, 1.807) is 30.5 Å². The zero-order chi connectivity index (χ0) is 17.4. The number of hydrogen-bond acceptors (Lipinski definition) is 5. The van der Waals surface area contributed by atoms with Crippen molar-refractivity contribution in [2.75, 3.05) is 19.7 Å². The van der Waals surface area contributed by atoms with Crippen molar-refractivity contribution in [2.24, 2.45) is 5.92 Å². The van der Waals surface area contributed by atoms with E-state index in [1.807, 2.05) is 19.1 Å². The lowest BCUT2D eigenvalue weighted by Crippen LogP contribution is -2.46. The average Bonchev–Trinajstić information content (AvgIpc) is 2.89. The van der Waals surface area contributed by atoms with Gasteiger partial charge in [0, 0.05) is 25.2 Å². The third-order valence-corrected chi connectivity index (χ3v) is 7.13. The molecule has 2 saturated heterocycles. The molecule has 3 atom stereocenters. The van der Waals surface area contributed by atoms with Crippen molar-refractivity contribution in [1.29, 1.82) is 0 Å². The molecular formula is C17H26N2O4S. The smallest absolute Gasteiger partial charge is 0.216 e. The Morgan fingerprint density at radius 1 is 1.50 bits per heavy atom. The van der Waals surface area contributed by atoms with Crippen molar-refractivity contribution in [2.45, 2.75) is 50.6 Å². The summed E-state index contributed by atoms with van der Waals surface area (Å²) < 4.78 is 38.5. The first-order chi connectivity index (χ1) is 11.3. The molecule has 0 bridgehead atoms. The predicted octanol–water partition coefficient (Wildman–Crippen LogP) is 2.07. The molecule has 1 aromatic heterocycles. The number of rotatable bonds is 5. The van der Waals surface area contributed by atoms with Crippen molar-refractivity contribution in [1.82, 2.24) is 9.29 Å². The first kappa shape index (κ1) is 17.6. The fourth-order valence-corrected chi connectivity index (χ4v) is 4.94. The fraction of sp³-hybridized carbons (Fsp3) is 0.706. The van der Waals surface area contributed by atoms with E-state index in [0.717, 1.165) is 18.6 Å². The summed E-state index contributed by atoms with van der Waals surface area (Å²) in [7, 11) is -3.19. The minimum absolute atomic E-state index is 0.117. The average molecular weight is 354 g/mol. The summed E-state index contributed by atoms with van der Waals surface area (Å²) in [6, 6.07) is 3.71. The number of fused-ring (bicyclic) bond motifs is 1. The maximum atomic E-state index is 12.4. The molecule has 0 radical (unpaired) electrons. The Hall–Kier alpha value is -1.18. The summed E-state index contributed by atoms with van der Waals surface area (Å²) in [5, 5.41) is -0.378. The van der Waals surface area contributed by atoms with Crippen molar-refractivity contribution < 1.29 is 17.9 Å². The van der Waals surface area contributed by atoms with E-state index >= 15 is 0 Å². The maximum absolute atomic E-state index is 12.4. The van der Waals surface area contributed by atoms with Gasteiger partial charge in [-0.2, -0.15) is 0 Å². The van der Waals surface area contributed by atoms with Gasteiger partial charge in [-0.25, -0.2) is 12.7 Å². The van der Waals surface area contributed by atoms with Crippen molar-refractivity contribution in [3.8, 4) is 5.75 Å². The van der Waals surface area contributed by atoms with Crippen LogP contribution in [0.15, 0.2) is 24.5 Å². The highest BCUT2D eigenvalue weighted by Gasteiger charge is 2.48. The summed E-state index contributed by atoms with van der Waals surface area (Å²) in [4.78, 5) is 4.04. The van der Waals surface area contributed by atoms with Crippen LogP contribution in [0.1, 0.15) is 33.6 Å². The lowest BCUT2D eigenvalue weighted by molar-refractivity contribution is -0.0655. The number of ether oxygens (including phenoxy) is 2. The largest absolute Gasteiger partial charge is 0.489 e. The summed E-state index contributed by atoms with van der Waals surface area (Å²) in [5.74, 6) is 0.955. The van der Waals surface area contributed by atoms with E-state index in [9.17, 15) is 8.42 Å². The first-order valence-electron chi connectivity index (χ1n) is 8.50. The van der Waals surface area contributed by atoms with Crippen LogP contribution in [0.3, 0.4) is 0 Å². The number of sulfonamides is 1. The van der Waals surface area contributed by atoms with Crippen LogP contribution < -0.4 is 4.74 Å². The first-order valence-corrected chi connectivity index (χ1v) is 10.0. The number of pyridine rings is 1. The molecule has 6 nitrogen and oxygen atoms in total. The van der Waals surface area contributed by atoms with Crippen LogP contribution in [0.4, 0.5) is 0 Å². The van der Waals surface area contributed by atoms with Gasteiger partial charge in [-0.15, -0.1) is 0 Å². The highest BCUT2D eigenvalue weighted by Crippen LogP contribution is 2.40. The number of piperidine rings is 1. The van der Waals surface area contributed by atoms with Crippen LogP contribution in [0, 0.1) is 5.92 Å². The van der Waals surface area contributed by atoms with Crippen LogP contribution in [0.25, 0.3) is 0 Å². The summed E-state index contributed by atoms with van der Waals surface area (Å²) in [5.41, 5.74) is -0.386. The van der Waals surface area contributed by atoms with Crippen LogP contribution >= 0.6 is 0 Å². The van der Waals surface area contributed by atoms with E-state index in [1.165, 1.54) is 0 Å². The van der Waals surface area contributed by atoms with Crippen LogP contribution in [0.5, 0.6) is 5.75 Å². The Morgan fingerprint density at radius 3 is 2.96 bits per heavy atom. The Labute approximate surface area is 144 Å². The van der Waals surface area contributed by atoms with Gasteiger partial charge >= 0.3 is 0 Å². The highest BCUT2D eigenvalue weighted by molar-refractivity contribution is 7.89. The molecule has 1 aromatic rings. The molecule has 0 N–H and O–H groups in total. The molecule has 0 unspecified atom stereocenters. The normalized spacial score (nSPS) is 31.2. The zero-order valence-electron chi connectivity index (χ0n) is 14.5. The van der Waals surface area contributed by atoms with E-state index in [0.29, 0.717) is 19.7 Å². The number of hydrogen-bond donors (Lipinski definition) is 0. The lowest BCUT2D eigenvalue weighted by Gasteiger charge is -2.34. The van der Waals surface area contributed by atoms with Gasteiger partial charge < -0.3 is 9.47 Å². The molecule has 24 heavy (non-hydrogen) atoms. The van der Waals surface area contributed by atoms with E-state index in [2.05, 4.69) is 4.98 Å². The summed E-state index contributed by atoms with van der Waals surface area (Å²) in [6.07, 6.45) is 5.06. The quantitative estimate of drug-likeness (QED) is 0.810. The molecule has 2 aliphatic heterocycles. The Bertz CT molecular complexity index is 664. The molecule has 3 rings (SSSR count). The molecule has 3 heterocycles. The molecule has 0 spiro atoms. The molecule has 0 amide bonds. The zero-order valence-corrected chi connectivity index (χ0v) is 15.3. The second-order valence-corrected chi connectivity index (χ2v) is 9.78. The standard InChI is InChI=1S/C17H26N2O4S/c1-13(2)24(20,21)19-8-6-16-14(11-19)9-17(3,23-16)12-22-15-5-4-7-18-10-15/h4-5,7,10,13-14,16H,6,8-9,11-12H2,1-3H3/t14-,16+,17-/m1/s1. The monoisotopic (exact) mass is 354 g/mol. The minimum Gasteiger partial charge on any atom is -0.489 e. The van der Waals surface area contributed by atoms with Crippen molar-refractivity contribution in [3.05, 3.63) is 24.5 Å². The second kappa shape index (κ2) is 6.61. The van der Waals surface area contributed by atoms with Gasteiger partial charge in [-0.3, -0.25) is 4.98 Å².